The van der Waals surface area contributed by atoms with Crippen molar-refractivity contribution in [3.63, 3.8) is 0 Å². The fourth-order valence-electron chi connectivity index (χ4n) is 2.30. The molecule has 0 amide bonds. The highest BCUT2D eigenvalue weighted by Crippen LogP contribution is 2.19. The molecule has 0 unspecified atom stereocenters. The maximum absolute atomic E-state index is 12.3. The van der Waals surface area contributed by atoms with E-state index in [2.05, 4.69) is 0 Å². The third-order valence-electron chi connectivity index (χ3n) is 3.29. The Balaban J connectivity index is 2.20. The predicted molar refractivity (Wildman–Crippen MR) is 77.7 cm³/mol. The number of rotatable bonds is 2. The third kappa shape index (κ3) is 2.06. The van der Waals surface area contributed by atoms with E-state index in [1.165, 1.54) is 0 Å². The van der Waals surface area contributed by atoms with Gasteiger partial charge in [-0.3, -0.25) is 9.13 Å². The van der Waals surface area contributed by atoms with Crippen LogP contribution in [0.1, 0.15) is 5.56 Å². The van der Waals surface area contributed by atoms with Crippen molar-refractivity contribution in [2.75, 3.05) is 0 Å². The number of fused-ring (bicyclic) bond motifs is 1. The molecule has 0 bridgehead atoms. The monoisotopic (exact) mass is 272 g/mol. The average molecular weight is 273 g/mol. The van der Waals surface area contributed by atoms with Crippen molar-refractivity contribution in [2.24, 2.45) is 7.05 Å². The van der Waals surface area contributed by atoms with Crippen molar-refractivity contribution in [3.8, 4) is 0 Å². The molecule has 0 radical (unpaired) electrons. The first-order valence-electron chi connectivity index (χ1n) is 6.05. The Morgan fingerprint density at radius 1 is 1.05 bits per heavy atom. The van der Waals surface area contributed by atoms with Crippen molar-refractivity contribution in [1.29, 1.82) is 0 Å². The average Bonchev–Trinajstić information content (AvgIpc) is 2.65. The lowest BCUT2D eigenvalue weighted by atomic mass is 10.2. The smallest absolute Gasteiger partial charge is 0.295 e. The zero-order valence-electron chi connectivity index (χ0n) is 10.5. The summed E-state index contributed by atoms with van der Waals surface area (Å²) in [5.74, 6) is 0. The molecule has 1 aromatic heterocycles. The molecule has 0 saturated carbocycles. The number of aromatic nitrogens is 2. The first-order valence-corrected chi connectivity index (χ1v) is 6.43. The molecule has 0 aliphatic carbocycles. The van der Waals surface area contributed by atoms with Crippen molar-refractivity contribution < 1.29 is 0 Å². The Bertz CT molecular complexity index is 787. The molecule has 3 aromatic rings. The number of aryl methyl sites for hydroxylation is 1. The van der Waals surface area contributed by atoms with E-state index in [0.29, 0.717) is 11.6 Å². The summed E-state index contributed by atoms with van der Waals surface area (Å²) in [5, 5.41) is 0.639. The molecule has 0 saturated heterocycles. The van der Waals surface area contributed by atoms with Crippen molar-refractivity contribution in [1.82, 2.24) is 9.13 Å². The van der Waals surface area contributed by atoms with Crippen LogP contribution >= 0.6 is 11.6 Å². The fourth-order valence-corrected chi connectivity index (χ4v) is 2.47. The normalized spacial score (nSPS) is 11.1. The number of halogens is 1. The molecule has 3 rings (SSSR count). The zero-order chi connectivity index (χ0) is 13.4. The molecule has 0 fully saturated rings. The van der Waals surface area contributed by atoms with Gasteiger partial charge in [0.2, 0.25) is 0 Å². The molecule has 2 aromatic carbocycles. The van der Waals surface area contributed by atoms with E-state index < -0.39 is 0 Å². The van der Waals surface area contributed by atoms with Gasteiger partial charge in [0.05, 0.1) is 17.6 Å². The molecule has 0 spiro atoms. The fraction of sp³-hybridized carbons (Fsp3) is 0.133. The standard InChI is InChI=1S/C15H13ClN2O/c1-17-13-8-7-12(16)9-14(13)18(15(17)19)10-11-5-3-2-4-6-11/h2-9H,10H2,1H3. The summed E-state index contributed by atoms with van der Waals surface area (Å²) in [6, 6.07) is 15.4. The Labute approximate surface area is 115 Å². The molecular formula is C15H13ClN2O. The number of nitrogens with zero attached hydrogens (tertiary/aromatic N) is 2. The topological polar surface area (TPSA) is 26.9 Å². The maximum Gasteiger partial charge on any atom is 0.329 e. The summed E-state index contributed by atoms with van der Waals surface area (Å²) in [7, 11) is 1.78. The van der Waals surface area contributed by atoms with Crippen LogP contribution in [-0.2, 0) is 13.6 Å². The van der Waals surface area contributed by atoms with E-state index in [1.807, 2.05) is 42.5 Å². The molecular weight excluding hydrogens is 260 g/mol. The van der Waals surface area contributed by atoms with Crippen LogP contribution in [0.2, 0.25) is 5.02 Å². The maximum atomic E-state index is 12.3. The zero-order valence-corrected chi connectivity index (χ0v) is 11.3. The number of hydrogen-bond donors (Lipinski definition) is 0. The Morgan fingerprint density at radius 2 is 1.79 bits per heavy atom. The summed E-state index contributed by atoms with van der Waals surface area (Å²) in [4.78, 5) is 12.3. The van der Waals surface area contributed by atoms with E-state index in [-0.39, 0.29) is 5.69 Å². The van der Waals surface area contributed by atoms with E-state index in [9.17, 15) is 4.79 Å². The minimum atomic E-state index is -0.0267. The van der Waals surface area contributed by atoms with Crippen LogP contribution in [-0.4, -0.2) is 9.13 Å². The molecule has 1 heterocycles. The van der Waals surface area contributed by atoms with E-state index in [1.54, 1.807) is 22.2 Å². The lowest BCUT2D eigenvalue weighted by molar-refractivity contribution is 0.736. The quantitative estimate of drug-likeness (QED) is 0.704. The Kier molecular flexibility index (Phi) is 2.91. The minimum absolute atomic E-state index is 0.0267. The van der Waals surface area contributed by atoms with Gasteiger partial charge in [0.15, 0.2) is 0 Å². The molecule has 96 valence electrons. The van der Waals surface area contributed by atoms with Crippen molar-refractivity contribution >= 4 is 22.6 Å². The Morgan fingerprint density at radius 3 is 2.53 bits per heavy atom. The van der Waals surface area contributed by atoms with E-state index in [4.69, 9.17) is 11.6 Å². The first-order chi connectivity index (χ1) is 9.16. The van der Waals surface area contributed by atoms with Gasteiger partial charge in [-0.25, -0.2) is 4.79 Å². The van der Waals surface area contributed by atoms with Crippen LogP contribution in [0.25, 0.3) is 11.0 Å². The second-order valence-electron chi connectivity index (χ2n) is 4.55. The Hall–Kier alpha value is -2.00. The first kappa shape index (κ1) is 12.1. The molecule has 0 aliphatic heterocycles. The summed E-state index contributed by atoms with van der Waals surface area (Å²) >= 11 is 6.03. The predicted octanol–water partition coefficient (Wildman–Crippen LogP) is 3.04. The molecule has 0 atom stereocenters. The molecule has 0 N–H and O–H groups in total. The van der Waals surface area contributed by atoms with Crippen LogP contribution in [0.15, 0.2) is 53.3 Å². The van der Waals surface area contributed by atoms with Crippen molar-refractivity contribution in [3.05, 3.63) is 69.6 Å². The van der Waals surface area contributed by atoms with Gasteiger partial charge in [-0.2, -0.15) is 0 Å². The molecule has 4 heteroatoms. The molecule has 0 aliphatic rings. The van der Waals surface area contributed by atoms with Gasteiger partial charge in [-0.1, -0.05) is 41.9 Å². The van der Waals surface area contributed by atoms with Gasteiger partial charge in [0, 0.05) is 12.1 Å². The van der Waals surface area contributed by atoms with Gasteiger partial charge < -0.3 is 0 Å². The summed E-state index contributed by atoms with van der Waals surface area (Å²) < 4.78 is 3.39. The van der Waals surface area contributed by atoms with Crippen molar-refractivity contribution in [2.45, 2.75) is 6.54 Å². The lowest BCUT2D eigenvalue weighted by Crippen LogP contribution is -2.22. The van der Waals surface area contributed by atoms with Crippen LogP contribution in [0.3, 0.4) is 0 Å². The number of hydrogen-bond acceptors (Lipinski definition) is 1. The minimum Gasteiger partial charge on any atom is -0.295 e. The second kappa shape index (κ2) is 4.59. The summed E-state index contributed by atoms with van der Waals surface area (Å²) in [6.45, 7) is 0.553. The SMILES string of the molecule is Cn1c(=O)n(Cc2ccccc2)c2cc(Cl)ccc21. The van der Waals surface area contributed by atoms with Crippen LogP contribution in [0, 0.1) is 0 Å². The van der Waals surface area contributed by atoms with E-state index >= 15 is 0 Å². The van der Waals surface area contributed by atoms with Crippen LogP contribution < -0.4 is 5.69 Å². The van der Waals surface area contributed by atoms with Gasteiger partial charge in [0.25, 0.3) is 0 Å². The lowest BCUT2D eigenvalue weighted by Gasteiger charge is -2.03. The third-order valence-corrected chi connectivity index (χ3v) is 3.53. The highest BCUT2D eigenvalue weighted by atomic mass is 35.5. The summed E-state index contributed by atoms with van der Waals surface area (Å²) in [6.07, 6.45) is 0. The van der Waals surface area contributed by atoms with Gasteiger partial charge in [0.1, 0.15) is 0 Å². The van der Waals surface area contributed by atoms with Gasteiger partial charge in [-0.15, -0.1) is 0 Å². The van der Waals surface area contributed by atoms with Crippen LogP contribution in [0.5, 0.6) is 0 Å². The highest BCUT2D eigenvalue weighted by molar-refractivity contribution is 6.31. The molecule has 3 nitrogen and oxygen atoms in total. The van der Waals surface area contributed by atoms with Gasteiger partial charge >= 0.3 is 5.69 Å². The van der Waals surface area contributed by atoms with Crippen LogP contribution in [0.4, 0.5) is 0 Å². The van der Waals surface area contributed by atoms with E-state index in [0.717, 1.165) is 16.6 Å². The second-order valence-corrected chi connectivity index (χ2v) is 4.98. The summed E-state index contributed by atoms with van der Waals surface area (Å²) in [5.41, 5.74) is 2.83. The van der Waals surface area contributed by atoms with Gasteiger partial charge in [-0.05, 0) is 23.8 Å². The highest BCUT2D eigenvalue weighted by Gasteiger charge is 2.11. The molecule has 19 heavy (non-hydrogen) atoms. The number of benzene rings is 2. The largest absolute Gasteiger partial charge is 0.329 e. The number of imidazole rings is 1.